The van der Waals surface area contributed by atoms with E-state index >= 15 is 0 Å². The molecule has 1 N–H and O–H groups in total. The number of alkyl halides is 1. The third kappa shape index (κ3) is 2.32. The number of ether oxygens (including phenoxy) is 1. The van der Waals surface area contributed by atoms with E-state index in [0.29, 0.717) is 19.5 Å². The van der Waals surface area contributed by atoms with Gasteiger partial charge in [-0.2, -0.15) is 0 Å². The van der Waals surface area contributed by atoms with Crippen LogP contribution >= 0.6 is 15.9 Å². The van der Waals surface area contributed by atoms with Crippen LogP contribution in [0.15, 0.2) is 22.7 Å². The fraction of sp³-hybridized carbons (Fsp3) is 0.455. The number of hydrogen-bond donors (Lipinski definition) is 1. The van der Waals surface area contributed by atoms with Crippen molar-refractivity contribution >= 4 is 15.9 Å². The van der Waals surface area contributed by atoms with Gasteiger partial charge in [-0.3, -0.25) is 0 Å². The van der Waals surface area contributed by atoms with E-state index in [-0.39, 0.29) is 0 Å². The summed E-state index contributed by atoms with van der Waals surface area (Å²) in [4.78, 5) is 0. The Bertz CT molecular complexity index is 366. The van der Waals surface area contributed by atoms with Gasteiger partial charge < -0.3 is 10.1 Å². The molecular weight excluding hydrogens is 261 g/mol. The summed E-state index contributed by atoms with van der Waals surface area (Å²) >= 11 is 3.39. The van der Waals surface area contributed by atoms with E-state index in [9.17, 15) is 4.39 Å². The SMILES string of the molecule is COc1ccc(CC2(F)CNC2)cc1Br. The van der Waals surface area contributed by atoms with Gasteiger partial charge in [0.25, 0.3) is 0 Å². The Hall–Kier alpha value is -0.610. The van der Waals surface area contributed by atoms with Crippen molar-refractivity contribution < 1.29 is 9.13 Å². The number of rotatable bonds is 3. The fourth-order valence-corrected chi connectivity index (χ4v) is 2.30. The van der Waals surface area contributed by atoms with E-state index in [1.807, 2.05) is 18.2 Å². The third-order valence-corrected chi connectivity index (χ3v) is 3.24. The van der Waals surface area contributed by atoms with Crippen LogP contribution < -0.4 is 10.1 Å². The average molecular weight is 274 g/mol. The van der Waals surface area contributed by atoms with Crippen molar-refractivity contribution in [2.75, 3.05) is 20.2 Å². The lowest BCUT2D eigenvalue weighted by molar-refractivity contribution is 0.0911. The van der Waals surface area contributed by atoms with E-state index in [1.165, 1.54) is 0 Å². The van der Waals surface area contributed by atoms with Gasteiger partial charge in [-0.15, -0.1) is 0 Å². The quantitative estimate of drug-likeness (QED) is 0.913. The first-order valence-corrected chi connectivity index (χ1v) is 5.64. The Kier molecular flexibility index (Phi) is 2.98. The second-order valence-corrected chi connectivity index (χ2v) is 4.75. The van der Waals surface area contributed by atoms with Crippen LogP contribution in [0.1, 0.15) is 5.56 Å². The van der Waals surface area contributed by atoms with Gasteiger partial charge in [0.05, 0.1) is 11.6 Å². The molecule has 0 saturated carbocycles. The highest BCUT2D eigenvalue weighted by Crippen LogP contribution is 2.29. The maximum atomic E-state index is 13.8. The highest BCUT2D eigenvalue weighted by Gasteiger charge is 2.36. The molecule has 2 rings (SSSR count). The molecule has 0 amide bonds. The number of benzene rings is 1. The largest absolute Gasteiger partial charge is 0.496 e. The minimum absolute atomic E-state index is 0.455. The van der Waals surface area contributed by atoms with Crippen molar-refractivity contribution in [3.8, 4) is 5.75 Å². The molecule has 0 aromatic heterocycles. The molecule has 0 bridgehead atoms. The molecule has 1 heterocycles. The van der Waals surface area contributed by atoms with E-state index in [1.54, 1.807) is 7.11 Å². The van der Waals surface area contributed by atoms with Gasteiger partial charge in [0, 0.05) is 19.5 Å². The fourth-order valence-electron chi connectivity index (χ4n) is 1.71. The first-order valence-electron chi connectivity index (χ1n) is 4.85. The average Bonchev–Trinajstić information content (AvgIpc) is 2.16. The smallest absolute Gasteiger partial charge is 0.139 e. The van der Waals surface area contributed by atoms with Gasteiger partial charge in [-0.25, -0.2) is 4.39 Å². The van der Waals surface area contributed by atoms with Crippen molar-refractivity contribution in [2.45, 2.75) is 12.1 Å². The lowest BCUT2D eigenvalue weighted by Gasteiger charge is -2.35. The molecule has 1 aliphatic heterocycles. The van der Waals surface area contributed by atoms with Crippen molar-refractivity contribution in [2.24, 2.45) is 0 Å². The summed E-state index contributed by atoms with van der Waals surface area (Å²) in [5.74, 6) is 0.776. The topological polar surface area (TPSA) is 21.3 Å². The molecule has 1 saturated heterocycles. The molecule has 1 aromatic rings. The zero-order chi connectivity index (χ0) is 10.9. The Balaban J connectivity index is 2.12. The molecule has 1 aliphatic rings. The van der Waals surface area contributed by atoms with Gasteiger partial charge in [-0.05, 0) is 33.6 Å². The van der Waals surface area contributed by atoms with Crippen LogP contribution in [0.25, 0.3) is 0 Å². The molecule has 1 fully saturated rings. The molecule has 1 aromatic carbocycles. The Morgan fingerprint density at radius 1 is 1.53 bits per heavy atom. The molecule has 0 radical (unpaired) electrons. The molecule has 0 spiro atoms. The third-order valence-electron chi connectivity index (χ3n) is 2.62. The van der Waals surface area contributed by atoms with Crippen molar-refractivity contribution in [3.63, 3.8) is 0 Å². The van der Waals surface area contributed by atoms with E-state index in [0.717, 1.165) is 15.8 Å². The van der Waals surface area contributed by atoms with E-state index in [2.05, 4.69) is 21.2 Å². The summed E-state index contributed by atoms with van der Waals surface area (Å²) in [6.45, 7) is 0.910. The predicted octanol–water partition coefficient (Wildman–Crippen LogP) is 2.31. The second kappa shape index (κ2) is 4.10. The van der Waals surface area contributed by atoms with Crippen molar-refractivity contribution in [3.05, 3.63) is 28.2 Å². The minimum atomic E-state index is -1.06. The zero-order valence-electron chi connectivity index (χ0n) is 8.52. The van der Waals surface area contributed by atoms with Gasteiger partial charge in [0.2, 0.25) is 0 Å². The summed E-state index contributed by atoms with van der Waals surface area (Å²) in [5, 5.41) is 2.95. The normalized spacial score (nSPS) is 18.3. The molecule has 15 heavy (non-hydrogen) atoms. The van der Waals surface area contributed by atoms with E-state index < -0.39 is 5.67 Å². The first-order chi connectivity index (χ1) is 7.13. The number of methoxy groups -OCH3 is 1. The van der Waals surface area contributed by atoms with Crippen LogP contribution in [-0.2, 0) is 6.42 Å². The maximum absolute atomic E-state index is 13.8. The highest BCUT2D eigenvalue weighted by molar-refractivity contribution is 9.10. The molecule has 4 heteroatoms. The highest BCUT2D eigenvalue weighted by atomic mass is 79.9. The predicted molar refractivity (Wildman–Crippen MR) is 61.1 cm³/mol. The van der Waals surface area contributed by atoms with E-state index in [4.69, 9.17) is 4.74 Å². The molecule has 0 unspecified atom stereocenters. The number of halogens is 2. The Morgan fingerprint density at radius 3 is 2.73 bits per heavy atom. The Labute approximate surface area is 96.9 Å². The van der Waals surface area contributed by atoms with Crippen LogP contribution in [0.3, 0.4) is 0 Å². The van der Waals surface area contributed by atoms with Crippen molar-refractivity contribution in [1.82, 2.24) is 5.32 Å². The van der Waals surface area contributed by atoms with Crippen LogP contribution in [0.2, 0.25) is 0 Å². The lowest BCUT2D eigenvalue weighted by Crippen LogP contribution is -2.57. The molecule has 0 atom stereocenters. The van der Waals surface area contributed by atoms with Crippen LogP contribution in [0.5, 0.6) is 5.75 Å². The van der Waals surface area contributed by atoms with Gasteiger partial charge in [0.15, 0.2) is 0 Å². The summed E-state index contributed by atoms with van der Waals surface area (Å²) in [5.41, 5.74) is -0.0692. The second-order valence-electron chi connectivity index (χ2n) is 3.90. The summed E-state index contributed by atoms with van der Waals surface area (Å²) in [6, 6.07) is 5.68. The molecule has 0 aliphatic carbocycles. The number of nitrogens with one attached hydrogen (secondary N) is 1. The molecule has 2 nitrogen and oxygen atoms in total. The van der Waals surface area contributed by atoms with Gasteiger partial charge in [0.1, 0.15) is 11.4 Å². The molecular formula is C11H13BrFNO. The summed E-state index contributed by atoms with van der Waals surface area (Å²) < 4.78 is 19.8. The number of hydrogen-bond acceptors (Lipinski definition) is 2. The van der Waals surface area contributed by atoms with Crippen LogP contribution in [0, 0.1) is 0 Å². The lowest BCUT2D eigenvalue weighted by atomic mass is 9.91. The summed E-state index contributed by atoms with van der Waals surface area (Å²) in [7, 11) is 1.62. The van der Waals surface area contributed by atoms with Crippen molar-refractivity contribution in [1.29, 1.82) is 0 Å². The van der Waals surface area contributed by atoms with Crippen LogP contribution in [0.4, 0.5) is 4.39 Å². The zero-order valence-corrected chi connectivity index (χ0v) is 10.1. The van der Waals surface area contributed by atoms with Gasteiger partial charge >= 0.3 is 0 Å². The van der Waals surface area contributed by atoms with Gasteiger partial charge in [-0.1, -0.05) is 6.07 Å². The van der Waals surface area contributed by atoms with Crippen LogP contribution in [-0.4, -0.2) is 25.9 Å². The minimum Gasteiger partial charge on any atom is -0.496 e. The standard InChI is InChI=1S/C11H13BrFNO/c1-15-10-3-2-8(4-9(10)12)5-11(13)6-14-7-11/h2-4,14H,5-7H2,1H3. The summed E-state index contributed by atoms with van der Waals surface area (Å²) in [6.07, 6.45) is 0.461. The molecule has 82 valence electrons. The monoisotopic (exact) mass is 273 g/mol. The Morgan fingerprint density at radius 2 is 2.27 bits per heavy atom. The maximum Gasteiger partial charge on any atom is 0.139 e. The first kappa shape index (κ1) is 10.9.